The highest BCUT2D eigenvalue weighted by atomic mass is 79.9. The van der Waals surface area contributed by atoms with Gasteiger partial charge in [0, 0.05) is 10.4 Å². The molecule has 1 rings (SSSR count). The molecule has 0 heterocycles. The summed E-state index contributed by atoms with van der Waals surface area (Å²) in [6.45, 7) is 5.70. The number of hydrogen-bond donors (Lipinski definition) is 0. The molecule has 0 aliphatic rings. The number of ether oxygens (including phenoxy) is 1. The molecule has 0 N–H and O–H groups in total. The zero-order valence-corrected chi connectivity index (χ0v) is 13.2. The van der Waals surface area contributed by atoms with Gasteiger partial charge in [-0.2, -0.15) is 0 Å². The van der Waals surface area contributed by atoms with E-state index in [2.05, 4.69) is 22.5 Å². The van der Waals surface area contributed by atoms with Crippen molar-refractivity contribution in [2.24, 2.45) is 5.92 Å². The Balaban J connectivity index is 2.73. The van der Waals surface area contributed by atoms with Crippen molar-refractivity contribution in [3.63, 3.8) is 0 Å². The Kier molecular flexibility index (Phi) is 7.23. The van der Waals surface area contributed by atoms with Gasteiger partial charge in [0.2, 0.25) is 0 Å². The Morgan fingerprint density at radius 3 is 2.70 bits per heavy atom. The average Bonchev–Trinajstić information content (AvgIpc) is 2.40. The van der Waals surface area contributed by atoms with Crippen LogP contribution in [-0.2, 0) is 20.7 Å². The van der Waals surface area contributed by atoms with E-state index in [1.54, 1.807) is 13.0 Å². The van der Waals surface area contributed by atoms with Gasteiger partial charge in [-0.3, -0.25) is 9.59 Å². The van der Waals surface area contributed by atoms with E-state index in [0.29, 0.717) is 19.4 Å². The molecule has 1 atom stereocenters. The third kappa shape index (κ3) is 5.29. The van der Waals surface area contributed by atoms with Crippen LogP contribution in [0.1, 0.15) is 25.3 Å². The fourth-order valence-electron chi connectivity index (χ4n) is 1.96. The Labute approximate surface area is 128 Å². The maximum absolute atomic E-state index is 12.2. The van der Waals surface area contributed by atoms with Crippen LogP contribution in [0.15, 0.2) is 41.4 Å². The first kappa shape index (κ1) is 16.6. The van der Waals surface area contributed by atoms with Gasteiger partial charge >= 0.3 is 5.97 Å². The number of allylic oxidation sites excluding steroid dienone is 1. The highest BCUT2D eigenvalue weighted by Gasteiger charge is 2.21. The molecular weight excluding hydrogens is 320 g/mol. The summed E-state index contributed by atoms with van der Waals surface area (Å²) in [5.74, 6) is -0.798. The van der Waals surface area contributed by atoms with Crippen molar-refractivity contribution in [1.82, 2.24) is 0 Å². The molecule has 4 heteroatoms. The molecule has 0 bridgehead atoms. The van der Waals surface area contributed by atoms with Crippen LogP contribution in [0.3, 0.4) is 0 Å². The highest BCUT2D eigenvalue weighted by molar-refractivity contribution is 9.10. The van der Waals surface area contributed by atoms with Gasteiger partial charge in [0.25, 0.3) is 0 Å². The van der Waals surface area contributed by atoms with Crippen LogP contribution in [0.5, 0.6) is 0 Å². The van der Waals surface area contributed by atoms with Gasteiger partial charge in [0.05, 0.1) is 6.61 Å². The normalized spacial score (nSPS) is 11.7. The Morgan fingerprint density at radius 2 is 2.10 bits per heavy atom. The summed E-state index contributed by atoms with van der Waals surface area (Å²) in [5, 5.41) is 0. The minimum absolute atomic E-state index is 0.0981. The molecule has 1 aromatic carbocycles. The van der Waals surface area contributed by atoms with Gasteiger partial charge in [0.1, 0.15) is 12.2 Å². The summed E-state index contributed by atoms with van der Waals surface area (Å²) in [5.41, 5.74) is 1.05. The number of rotatable bonds is 8. The van der Waals surface area contributed by atoms with E-state index in [1.807, 2.05) is 24.3 Å². The largest absolute Gasteiger partial charge is 0.466 e. The maximum atomic E-state index is 12.2. The number of carbonyl (C=O) groups excluding carboxylic acids is 2. The number of Topliss-reactive ketones (excluding diaryl/α,β-unsaturated/α-hetero) is 1. The average molecular weight is 339 g/mol. The van der Waals surface area contributed by atoms with Crippen LogP contribution in [0.25, 0.3) is 0 Å². The fraction of sp³-hybridized carbons (Fsp3) is 0.375. The van der Waals surface area contributed by atoms with E-state index in [1.165, 1.54) is 0 Å². The monoisotopic (exact) mass is 338 g/mol. The van der Waals surface area contributed by atoms with E-state index in [9.17, 15) is 9.59 Å². The number of hydrogen-bond acceptors (Lipinski definition) is 3. The van der Waals surface area contributed by atoms with Crippen molar-refractivity contribution in [3.8, 4) is 0 Å². The van der Waals surface area contributed by atoms with E-state index in [4.69, 9.17) is 4.74 Å². The van der Waals surface area contributed by atoms with Crippen molar-refractivity contribution < 1.29 is 14.3 Å². The van der Waals surface area contributed by atoms with Crippen molar-refractivity contribution in [2.45, 2.75) is 26.2 Å². The zero-order chi connectivity index (χ0) is 15.0. The van der Waals surface area contributed by atoms with Crippen LogP contribution < -0.4 is 0 Å². The maximum Gasteiger partial charge on any atom is 0.313 e. The Hall–Kier alpha value is -1.42. The van der Waals surface area contributed by atoms with E-state index < -0.39 is 5.97 Å². The second-order valence-corrected chi connectivity index (χ2v) is 5.32. The van der Waals surface area contributed by atoms with Gasteiger partial charge in [-0.25, -0.2) is 0 Å². The molecule has 20 heavy (non-hydrogen) atoms. The van der Waals surface area contributed by atoms with Crippen LogP contribution >= 0.6 is 15.9 Å². The molecule has 0 aromatic heterocycles. The molecule has 0 radical (unpaired) electrons. The van der Waals surface area contributed by atoms with E-state index in [-0.39, 0.29) is 18.1 Å². The fourth-order valence-corrected chi connectivity index (χ4v) is 2.40. The van der Waals surface area contributed by atoms with E-state index in [0.717, 1.165) is 10.0 Å². The summed E-state index contributed by atoms with van der Waals surface area (Å²) < 4.78 is 5.79. The van der Waals surface area contributed by atoms with Crippen LogP contribution in [0, 0.1) is 5.92 Å². The first-order chi connectivity index (χ1) is 9.58. The first-order valence-electron chi connectivity index (χ1n) is 6.61. The highest BCUT2D eigenvalue weighted by Crippen LogP contribution is 2.22. The van der Waals surface area contributed by atoms with Gasteiger partial charge in [-0.1, -0.05) is 40.2 Å². The summed E-state index contributed by atoms with van der Waals surface area (Å²) in [6.07, 6.45) is 2.69. The number of benzene rings is 1. The van der Waals surface area contributed by atoms with Gasteiger partial charge in [-0.05, 0) is 31.4 Å². The molecule has 3 nitrogen and oxygen atoms in total. The lowest BCUT2D eigenvalue weighted by Gasteiger charge is -2.14. The lowest BCUT2D eigenvalue weighted by Crippen LogP contribution is -2.21. The van der Waals surface area contributed by atoms with Gasteiger partial charge < -0.3 is 4.74 Å². The van der Waals surface area contributed by atoms with Crippen molar-refractivity contribution in [1.29, 1.82) is 0 Å². The summed E-state index contributed by atoms with van der Waals surface area (Å²) in [7, 11) is 0. The standard InChI is InChI=1S/C16H19BrO3/c1-3-7-13(15(18)11-16(19)20-4-2)10-12-8-5-6-9-14(12)17/h3,5-6,8-9,13H,1,4,7,10-11H2,2H3. The molecule has 0 aliphatic heterocycles. The predicted molar refractivity (Wildman–Crippen MR) is 82.4 cm³/mol. The molecule has 0 amide bonds. The second kappa shape index (κ2) is 8.69. The van der Waals surface area contributed by atoms with Crippen molar-refractivity contribution in [3.05, 3.63) is 47.0 Å². The van der Waals surface area contributed by atoms with Crippen LogP contribution in [0.4, 0.5) is 0 Å². The molecule has 1 aromatic rings. The molecule has 108 valence electrons. The molecule has 0 fully saturated rings. The van der Waals surface area contributed by atoms with Crippen molar-refractivity contribution in [2.75, 3.05) is 6.61 Å². The van der Waals surface area contributed by atoms with Gasteiger partial charge in [-0.15, -0.1) is 6.58 Å². The van der Waals surface area contributed by atoms with E-state index >= 15 is 0 Å². The quantitative estimate of drug-likeness (QED) is 0.412. The Morgan fingerprint density at radius 1 is 1.40 bits per heavy atom. The lowest BCUT2D eigenvalue weighted by atomic mass is 9.91. The Bertz CT molecular complexity index is 482. The molecule has 0 aliphatic carbocycles. The molecule has 0 spiro atoms. The number of esters is 1. The van der Waals surface area contributed by atoms with Crippen LogP contribution in [-0.4, -0.2) is 18.4 Å². The summed E-state index contributed by atoms with van der Waals surface area (Å²) in [6, 6.07) is 7.77. The van der Waals surface area contributed by atoms with Crippen LogP contribution in [0.2, 0.25) is 0 Å². The zero-order valence-electron chi connectivity index (χ0n) is 11.6. The summed E-state index contributed by atoms with van der Waals surface area (Å²) >= 11 is 3.47. The third-order valence-electron chi connectivity index (χ3n) is 2.95. The summed E-state index contributed by atoms with van der Waals surface area (Å²) in [4.78, 5) is 23.6. The first-order valence-corrected chi connectivity index (χ1v) is 7.40. The number of carbonyl (C=O) groups is 2. The smallest absolute Gasteiger partial charge is 0.313 e. The minimum atomic E-state index is -0.460. The second-order valence-electron chi connectivity index (χ2n) is 4.46. The number of ketones is 1. The predicted octanol–water partition coefficient (Wildman–Crippen LogP) is 3.71. The molecule has 1 unspecified atom stereocenters. The van der Waals surface area contributed by atoms with Crippen molar-refractivity contribution >= 4 is 27.7 Å². The molecular formula is C16H19BrO3. The number of halogens is 1. The lowest BCUT2D eigenvalue weighted by molar-refractivity contribution is -0.146. The SMILES string of the molecule is C=CCC(Cc1ccccc1Br)C(=O)CC(=O)OCC. The minimum Gasteiger partial charge on any atom is -0.466 e. The third-order valence-corrected chi connectivity index (χ3v) is 3.73. The van der Waals surface area contributed by atoms with Gasteiger partial charge in [0.15, 0.2) is 0 Å². The molecule has 0 saturated heterocycles. The molecule has 0 saturated carbocycles. The topological polar surface area (TPSA) is 43.4 Å².